The first kappa shape index (κ1) is 18.9. The van der Waals surface area contributed by atoms with Crippen LogP contribution < -0.4 is 40.1 Å². The molecule has 0 amide bonds. The van der Waals surface area contributed by atoms with Crippen molar-refractivity contribution in [3.8, 4) is 0 Å². The van der Waals surface area contributed by atoms with Gasteiger partial charge in [0, 0.05) is 11.3 Å². The maximum absolute atomic E-state index is 10.9. The molecule has 1 aromatic carbocycles. The van der Waals surface area contributed by atoms with E-state index in [0.717, 1.165) is 5.56 Å². The Labute approximate surface area is 146 Å². The first-order valence-corrected chi connectivity index (χ1v) is 7.52. The van der Waals surface area contributed by atoms with Gasteiger partial charge in [-0.25, -0.2) is 4.78 Å². The van der Waals surface area contributed by atoms with Gasteiger partial charge in [0.2, 0.25) is 10.3 Å². The number of hydrogen-bond acceptors (Lipinski definition) is 6. The van der Waals surface area contributed by atoms with Crippen LogP contribution in [-0.4, -0.2) is 27.3 Å². The van der Waals surface area contributed by atoms with Crippen molar-refractivity contribution in [2.75, 3.05) is 12.3 Å². The molecule has 21 heavy (non-hydrogen) atoms. The van der Waals surface area contributed by atoms with Crippen molar-refractivity contribution >= 4 is 16.0 Å². The van der Waals surface area contributed by atoms with Crippen LogP contribution in [0.3, 0.4) is 0 Å². The molecule has 0 spiro atoms. The molecule has 0 aliphatic carbocycles. The molecule has 9 heteroatoms. The van der Waals surface area contributed by atoms with Crippen molar-refractivity contribution < 1.29 is 56.8 Å². The molecule has 7 nitrogen and oxygen atoms in total. The van der Waals surface area contributed by atoms with Crippen molar-refractivity contribution in [2.45, 2.75) is 31.8 Å². The molecule has 1 unspecified atom stereocenters. The fourth-order valence-corrected chi connectivity index (χ4v) is 2.48. The number of nitrogens with two attached hydrogens (primary N) is 2. The summed E-state index contributed by atoms with van der Waals surface area (Å²) in [5.41, 5.74) is 7.18. The quantitative estimate of drug-likeness (QED) is 0.443. The second-order valence-corrected chi connectivity index (χ2v) is 6.22. The maximum Gasteiger partial charge on any atom is 1.00 e. The fraction of sp³-hybridized carbons (Fsp3) is 0.500. The van der Waals surface area contributed by atoms with Crippen LogP contribution in [0.2, 0.25) is 0 Å². The Morgan fingerprint density at radius 2 is 2.05 bits per heavy atom. The smallest absolute Gasteiger partial charge is 0.706 e. The minimum absolute atomic E-state index is 0. The minimum atomic E-state index is -4.03. The van der Waals surface area contributed by atoms with Gasteiger partial charge in [0.25, 0.3) is 0 Å². The molecule has 1 aromatic rings. The summed E-state index contributed by atoms with van der Waals surface area (Å²) < 4.78 is 42.6. The van der Waals surface area contributed by atoms with Crippen molar-refractivity contribution in [3.05, 3.63) is 29.8 Å². The largest absolute Gasteiger partial charge is 1.00 e. The Balaban J connectivity index is 0.00000220. The topological polar surface area (TPSA) is 119 Å². The average molecular weight is 325 g/mol. The van der Waals surface area contributed by atoms with E-state index in [1.165, 1.54) is 0 Å². The number of anilines is 1. The zero-order chi connectivity index (χ0) is 15.0. The van der Waals surface area contributed by atoms with E-state index in [9.17, 15) is 8.76 Å². The van der Waals surface area contributed by atoms with Crippen LogP contribution in [0.5, 0.6) is 0 Å². The summed E-state index contributed by atoms with van der Waals surface area (Å²) in [6.45, 7) is 3.23. The zero-order valence-electron chi connectivity index (χ0n) is 12.3. The van der Waals surface area contributed by atoms with E-state index in [1.807, 2.05) is 6.07 Å². The summed E-state index contributed by atoms with van der Waals surface area (Å²) in [4.78, 5) is 0. The molecule has 0 radical (unpaired) electrons. The van der Waals surface area contributed by atoms with E-state index in [4.69, 9.17) is 20.0 Å². The fourth-order valence-electron chi connectivity index (χ4n) is 2.15. The van der Waals surface area contributed by atoms with Crippen LogP contribution in [0.15, 0.2) is 24.3 Å². The van der Waals surface area contributed by atoms with Crippen LogP contribution >= 0.6 is 0 Å². The van der Waals surface area contributed by atoms with E-state index in [0.29, 0.717) is 5.69 Å². The normalized spacial score (nSPS) is 26.8. The molecule has 1 fully saturated rings. The van der Waals surface area contributed by atoms with Crippen molar-refractivity contribution in [1.82, 2.24) is 0 Å². The molecular weight excluding hydrogens is 307 g/mol. The maximum atomic E-state index is 10.9. The van der Waals surface area contributed by atoms with Crippen LogP contribution in [-0.2, 0) is 23.9 Å². The third kappa shape index (κ3) is 5.19. The van der Waals surface area contributed by atoms with Gasteiger partial charge in [-0.05, 0) is 19.9 Å². The monoisotopic (exact) mass is 325 g/mol. The molecule has 2 rings (SSSR count). The van der Waals surface area contributed by atoms with Gasteiger partial charge in [0.05, 0.1) is 6.61 Å². The summed E-state index contributed by atoms with van der Waals surface area (Å²) >= 11 is 0. The molecule has 0 bridgehead atoms. The third-order valence-electron chi connectivity index (χ3n) is 2.88. The van der Waals surface area contributed by atoms with Gasteiger partial charge in [-0.2, -0.15) is 4.21 Å². The molecule has 1 aliphatic rings. The number of nitrogen functional groups attached to an aromatic ring is 1. The van der Waals surface area contributed by atoms with Gasteiger partial charge < -0.3 is 19.8 Å². The van der Waals surface area contributed by atoms with Crippen LogP contribution in [0, 0.1) is 0 Å². The summed E-state index contributed by atoms with van der Waals surface area (Å²) in [6.07, 6.45) is -1.14. The predicted octanol–water partition coefficient (Wildman–Crippen LogP) is -3.25. The first-order valence-electron chi connectivity index (χ1n) is 6.05. The molecule has 112 valence electrons. The number of ether oxygens (including phenoxy) is 2. The molecule has 3 atom stereocenters. The summed E-state index contributed by atoms with van der Waals surface area (Å²) in [7, 11) is -4.03. The molecule has 0 saturated carbocycles. The van der Waals surface area contributed by atoms with Crippen LogP contribution in [0.25, 0.3) is 0 Å². The van der Waals surface area contributed by atoms with Gasteiger partial charge in [-0.3, -0.25) is 4.18 Å². The Hall–Kier alpha value is -0.190. The van der Waals surface area contributed by atoms with Gasteiger partial charge in [0.1, 0.15) is 12.2 Å². The Bertz CT molecular complexity index is 593. The number of para-hydroxylation sites is 1. The summed E-state index contributed by atoms with van der Waals surface area (Å²) in [5.74, 6) is -0.862. The first-order chi connectivity index (χ1) is 9.18. The van der Waals surface area contributed by atoms with E-state index in [2.05, 4.69) is 4.18 Å². The second-order valence-electron chi connectivity index (χ2n) is 5.00. The standard InChI is InChI=1S/C12H18N2O5S.Na/c1-12(2)18-10(7-17-20(14,15)16)11(19-12)8-5-3-4-6-9(8)13;/h3-6,10-11H,7,13H2,1-2H3,(H2,14,15,16);/q;+1/t10-,11-;/m0./s1. The molecule has 1 saturated heterocycles. The van der Waals surface area contributed by atoms with Crippen LogP contribution in [0.1, 0.15) is 25.5 Å². The number of benzene rings is 1. The number of rotatable bonds is 4. The molecule has 0 aromatic heterocycles. The molecule has 1 aliphatic heterocycles. The van der Waals surface area contributed by atoms with Gasteiger partial charge in [-0.15, -0.1) is 0 Å². The van der Waals surface area contributed by atoms with E-state index < -0.39 is 28.3 Å². The minimum Gasteiger partial charge on any atom is -0.706 e. The second kappa shape index (κ2) is 6.93. The summed E-state index contributed by atoms with van der Waals surface area (Å²) in [6, 6.07) is 7.16. The predicted molar refractivity (Wildman–Crippen MR) is 70.4 cm³/mol. The molecule has 4 N–H and O–H groups in total. The Morgan fingerprint density at radius 3 is 2.62 bits per heavy atom. The number of hydrogen-bond donors (Lipinski definition) is 2. The van der Waals surface area contributed by atoms with Crippen molar-refractivity contribution in [1.29, 1.82) is 0 Å². The van der Waals surface area contributed by atoms with Crippen molar-refractivity contribution in [3.63, 3.8) is 0 Å². The van der Waals surface area contributed by atoms with Crippen LogP contribution in [0.4, 0.5) is 5.69 Å². The van der Waals surface area contributed by atoms with E-state index in [1.54, 1.807) is 32.0 Å². The van der Waals surface area contributed by atoms with Gasteiger partial charge in [-0.1, -0.05) is 18.2 Å². The van der Waals surface area contributed by atoms with E-state index in [-0.39, 0.29) is 36.2 Å². The summed E-state index contributed by atoms with van der Waals surface area (Å²) in [5, 5.41) is 0. The zero-order valence-corrected chi connectivity index (χ0v) is 15.1. The SMILES string of the molecule is CC1(C)O[C@@H](COS(=[NH2+])(=O)[O-])[C@H](c2ccccc2N)O1.[Na+]. The van der Waals surface area contributed by atoms with Crippen molar-refractivity contribution in [2.24, 2.45) is 0 Å². The van der Waals surface area contributed by atoms with Gasteiger partial charge in [0.15, 0.2) is 5.79 Å². The van der Waals surface area contributed by atoms with E-state index >= 15 is 0 Å². The Kier molecular flexibility index (Phi) is 6.22. The Morgan fingerprint density at radius 1 is 1.43 bits per heavy atom. The third-order valence-corrected chi connectivity index (χ3v) is 3.35. The molecular formula is C12H18N2NaO5S+. The average Bonchev–Trinajstić information content (AvgIpc) is 2.62. The molecule has 1 heterocycles. The van der Waals surface area contributed by atoms with Gasteiger partial charge >= 0.3 is 29.6 Å².